The van der Waals surface area contributed by atoms with Crippen LogP contribution in [0.2, 0.25) is 0 Å². The third-order valence-corrected chi connectivity index (χ3v) is 4.73. The molecule has 2 fully saturated rings. The van der Waals surface area contributed by atoms with E-state index in [9.17, 15) is 0 Å². The van der Waals surface area contributed by atoms with Gasteiger partial charge in [-0.25, -0.2) is 0 Å². The van der Waals surface area contributed by atoms with Gasteiger partial charge >= 0.3 is 0 Å². The summed E-state index contributed by atoms with van der Waals surface area (Å²) in [5, 5.41) is 0. The first-order valence-corrected chi connectivity index (χ1v) is 6.15. The van der Waals surface area contributed by atoms with Crippen LogP contribution < -0.4 is 0 Å². The van der Waals surface area contributed by atoms with Crippen molar-refractivity contribution < 1.29 is 4.74 Å². The third kappa shape index (κ3) is 1.56. The van der Waals surface area contributed by atoms with Gasteiger partial charge in [-0.2, -0.15) is 0 Å². The lowest BCUT2D eigenvalue weighted by Crippen LogP contribution is -2.34. The maximum Gasteiger partial charge on any atom is 0.0821 e. The Morgan fingerprint density at radius 1 is 1.27 bits per heavy atom. The fraction of sp³-hybridized carbons (Fsp3) is 0.857. The van der Waals surface area contributed by atoms with Gasteiger partial charge in [-0.1, -0.05) is 26.8 Å². The van der Waals surface area contributed by atoms with Crippen molar-refractivity contribution in [2.24, 2.45) is 16.7 Å². The van der Waals surface area contributed by atoms with Crippen molar-refractivity contribution in [2.45, 2.75) is 53.6 Å². The molecule has 2 rings (SSSR count). The summed E-state index contributed by atoms with van der Waals surface area (Å²) in [6.45, 7) is 12.5. The lowest BCUT2D eigenvalue weighted by molar-refractivity contribution is 0.0794. The minimum Gasteiger partial charge on any atom is -0.373 e. The zero-order valence-corrected chi connectivity index (χ0v) is 10.8. The smallest absolute Gasteiger partial charge is 0.0821 e. The molecular formula is C14H24O. The molecule has 15 heavy (non-hydrogen) atoms. The molecule has 1 heteroatoms. The zero-order chi connectivity index (χ0) is 11.3. The second kappa shape index (κ2) is 3.35. The van der Waals surface area contributed by atoms with E-state index in [-0.39, 0.29) is 0 Å². The lowest BCUT2D eigenvalue weighted by Gasteiger charge is -2.34. The highest BCUT2D eigenvalue weighted by Gasteiger charge is 2.57. The first kappa shape index (κ1) is 11.2. The Morgan fingerprint density at radius 2 is 1.93 bits per heavy atom. The second-order valence-corrected chi connectivity index (χ2v) is 6.38. The van der Waals surface area contributed by atoms with Crippen LogP contribution in [-0.4, -0.2) is 12.7 Å². The summed E-state index contributed by atoms with van der Waals surface area (Å²) in [7, 11) is 0. The predicted molar refractivity (Wildman–Crippen MR) is 63.8 cm³/mol. The van der Waals surface area contributed by atoms with E-state index in [1.165, 1.54) is 18.4 Å². The largest absolute Gasteiger partial charge is 0.373 e. The van der Waals surface area contributed by atoms with Crippen LogP contribution in [0, 0.1) is 16.7 Å². The van der Waals surface area contributed by atoms with Crippen LogP contribution >= 0.6 is 0 Å². The molecular weight excluding hydrogens is 184 g/mol. The molecule has 86 valence electrons. The summed E-state index contributed by atoms with van der Waals surface area (Å²) in [6, 6.07) is 0. The third-order valence-electron chi connectivity index (χ3n) is 4.73. The Labute approximate surface area is 93.9 Å². The van der Waals surface area contributed by atoms with Crippen molar-refractivity contribution in [1.29, 1.82) is 0 Å². The molecule has 3 unspecified atom stereocenters. The maximum absolute atomic E-state index is 6.04. The SMILES string of the molecule is C/C=C(/C)C1OCC2(C)CCC(C)(C)C12. The number of hydrogen-bond acceptors (Lipinski definition) is 1. The summed E-state index contributed by atoms with van der Waals surface area (Å²) in [5.74, 6) is 0.709. The summed E-state index contributed by atoms with van der Waals surface area (Å²) in [5.41, 5.74) is 2.29. The van der Waals surface area contributed by atoms with E-state index >= 15 is 0 Å². The van der Waals surface area contributed by atoms with Crippen molar-refractivity contribution in [1.82, 2.24) is 0 Å². The van der Waals surface area contributed by atoms with Crippen molar-refractivity contribution in [2.75, 3.05) is 6.61 Å². The Balaban J connectivity index is 2.32. The molecule has 1 aliphatic heterocycles. The molecule has 0 aromatic heterocycles. The number of hydrogen-bond donors (Lipinski definition) is 0. The molecule has 0 aromatic carbocycles. The van der Waals surface area contributed by atoms with Crippen LogP contribution in [0.15, 0.2) is 11.6 Å². The number of allylic oxidation sites excluding steroid dienone is 1. The molecule has 0 spiro atoms. The summed E-state index contributed by atoms with van der Waals surface area (Å²) in [4.78, 5) is 0. The standard InChI is InChI=1S/C14H24O/c1-6-10(2)11-12-13(3,4)7-8-14(12,5)9-15-11/h6,11-12H,7-9H2,1-5H3/b10-6-. The lowest BCUT2D eigenvalue weighted by atomic mass is 9.69. The van der Waals surface area contributed by atoms with Crippen LogP contribution in [0.25, 0.3) is 0 Å². The van der Waals surface area contributed by atoms with Gasteiger partial charge in [0.15, 0.2) is 0 Å². The van der Waals surface area contributed by atoms with Crippen LogP contribution in [0.3, 0.4) is 0 Å². The van der Waals surface area contributed by atoms with Gasteiger partial charge in [0.2, 0.25) is 0 Å². The van der Waals surface area contributed by atoms with Gasteiger partial charge in [0.25, 0.3) is 0 Å². The molecule has 1 saturated carbocycles. The Hall–Kier alpha value is -0.300. The Kier molecular flexibility index (Phi) is 2.50. The van der Waals surface area contributed by atoms with Gasteiger partial charge < -0.3 is 4.74 Å². The summed E-state index contributed by atoms with van der Waals surface area (Å²) < 4.78 is 6.04. The van der Waals surface area contributed by atoms with E-state index < -0.39 is 0 Å². The average molecular weight is 208 g/mol. The molecule has 0 aromatic rings. The van der Waals surface area contributed by atoms with E-state index in [2.05, 4.69) is 40.7 Å². The highest BCUT2D eigenvalue weighted by Crippen LogP contribution is 2.60. The summed E-state index contributed by atoms with van der Waals surface area (Å²) in [6.07, 6.45) is 5.27. The fourth-order valence-corrected chi connectivity index (χ4v) is 3.73. The van der Waals surface area contributed by atoms with E-state index in [1.54, 1.807) is 0 Å². The topological polar surface area (TPSA) is 9.23 Å². The van der Waals surface area contributed by atoms with E-state index in [0.29, 0.717) is 22.9 Å². The van der Waals surface area contributed by atoms with Crippen LogP contribution in [0.5, 0.6) is 0 Å². The van der Waals surface area contributed by atoms with Crippen molar-refractivity contribution in [3.63, 3.8) is 0 Å². The molecule has 3 atom stereocenters. The molecule has 0 bridgehead atoms. The number of fused-ring (bicyclic) bond motifs is 1. The molecule has 1 nitrogen and oxygen atoms in total. The van der Waals surface area contributed by atoms with Gasteiger partial charge in [-0.3, -0.25) is 0 Å². The van der Waals surface area contributed by atoms with Crippen molar-refractivity contribution >= 4 is 0 Å². The Bertz CT molecular complexity index is 290. The first-order chi connectivity index (χ1) is 6.91. The van der Waals surface area contributed by atoms with Crippen molar-refractivity contribution in [3.8, 4) is 0 Å². The van der Waals surface area contributed by atoms with Gasteiger partial charge in [0.05, 0.1) is 12.7 Å². The van der Waals surface area contributed by atoms with E-state index in [1.807, 2.05) is 0 Å². The normalized spacial score (nSPS) is 44.5. The monoisotopic (exact) mass is 208 g/mol. The molecule has 1 saturated heterocycles. The predicted octanol–water partition coefficient (Wildman–Crippen LogP) is 3.79. The molecule has 1 aliphatic carbocycles. The van der Waals surface area contributed by atoms with E-state index in [0.717, 1.165) is 6.61 Å². The fourth-order valence-electron chi connectivity index (χ4n) is 3.73. The minimum atomic E-state index is 0.373. The second-order valence-electron chi connectivity index (χ2n) is 6.38. The van der Waals surface area contributed by atoms with Gasteiger partial charge in [-0.15, -0.1) is 0 Å². The molecule has 0 amide bonds. The maximum atomic E-state index is 6.04. The van der Waals surface area contributed by atoms with Gasteiger partial charge in [0, 0.05) is 5.92 Å². The van der Waals surface area contributed by atoms with Gasteiger partial charge in [0.1, 0.15) is 0 Å². The quantitative estimate of drug-likeness (QED) is 0.596. The minimum absolute atomic E-state index is 0.373. The van der Waals surface area contributed by atoms with Gasteiger partial charge in [-0.05, 0) is 43.1 Å². The zero-order valence-electron chi connectivity index (χ0n) is 10.8. The molecule has 1 heterocycles. The number of rotatable bonds is 1. The van der Waals surface area contributed by atoms with Crippen LogP contribution in [0.1, 0.15) is 47.5 Å². The van der Waals surface area contributed by atoms with Crippen LogP contribution in [0.4, 0.5) is 0 Å². The first-order valence-electron chi connectivity index (χ1n) is 6.15. The molecule has 0 radical (unpaired) electrons. The molecule has 2 aliphatic rings. The number of ether oxygens (including phenoxy) is 1. The Morgan fingerprint density at radius 3 is 2.53 bits per heavy atom. The van der Waals surface area contributed by atoms with Crippen LogP contribution in [-0.2, 0) is 4.74 Å². The van der Waals surface area contributed by atoms with Crippen molar-refractivity contribution in [3.05, 3.63) is 11.6 Å². The summed E-state index contributed by atoms with van der Waals surface area (Å²) >= 11 is 0. The highest BCUT2D eigenvalue weighted by molar-refractivity contribution is 5.16. The molecule has 0 N–H and O–H groups in total. The highest BCUT2D eigenvalue weighted by atomic mass is 16.5. The van der Waals surface area contributed by atoms with E-state index in [4.69, 9.17) is 4.74 Å². The average Bonchev–Trinajstić information content (AvgIpc) is 2.63.